The van der Waals surface area contributed by atoms with Gasteiger partial charge in [-0.15, -0.1) is 0 Å². The Balaban J connectivity index is 0.000000230. The Morgan fingerprint density at radius 1 is 0.619 bits per heavy atom. The van der Waals surface area contributed by atoms with Crippen LogP contribution in [0.4, 0.5) is 11.4 Å². The van der Waals surface area contributed by atoms with Crippen molar-refractivity contribution >= 4 is 17.2 Å². The summed E-state index contributed by atoms with van der Waals surface area (Å²) in [6.07, 6.45) is 7.53. The van der Waals surface area contributed by atoms with Crippen LogP contribution in [0.25, 0.3) is 33.6 Å². The van der Waals surface area contributed by atoms with Gasteiger partial charge in [-0.1, -0.05) is 57.3 Å². The maximum absolute atomic E-state index is 13.1. The van der Waals surface area contributed by atoms with Crippen molar-refractivity contribution in [1.29, 1.82) is 0 Å². The highest BCUT2D eigenvalue weighted by molar-refractivity contribution is 6.12. The maximum atomic E-state index is 13.1. The molecule has 63 heavy (non-hydrogen) atoms. The molecule has 0 saturated carbocycles. The minimum Gasteiger partial charge on any atom is -0.507 e. The van der Waals surface area contributed by atoms with Crippen molar-refractivity contribution in [2.75, 3.05) is 14.2 Å². The Morgan fingerprint density at radius 3 is 1.56 bits per heavy atom. The Kier molecular flexibility index (Phi) is 14.5. The molecule has 0 aliphatic rings. The molecule has 0 amide bonds. The molecule has 0 bridgehead atoms. The topological polar surface area (TPSA) is 198 Å². The van der Waals surface area contributed by atoms with Gasteiger partial charge in [-0.3, -0.25) is 25.0 Å². The zero-order chi connectivity index (χ0) is 43.0. The van der Waals surface area contributed by atoms with Crippen LogP contribution >= 0.6 is 0 Å². The number of hydrogen-bond donors (Lipinski definition) is 2. The van der Waals surface area contributed by atoms with Gasteiger partial charge in [0, 0.05) is 61.0 Å². The van der Waals surface area contributed by atoms with Gasteiger partial charge in [-0.2, -0.15) is 10.2 Å². The van der Waals surface area contributed by atoms with Gasteiger partial charge in [0.1, 0.15) is 23.0 Å². The van der Waals surface area contributed by atoms with Crippen LogP contribution in [-0.4, -0.2) is 59.6 Å². The molecule has 6 aromatic carbocycles. The summed E-state index contributed by atoms with van der Waals surface area (Å²) in [5.41, 5.74) is 5.24. The largest absolute Gasteiger partial charge is 0.507 e. The molecule has 0 aliphatic carbocycles. The first-order chi connectivity index (χ1) is 29.6. The van der Waals surface area contributed by atoms with Gasteiger partial charge in [0.2, 0.25) is 0 Å². The molecule has 15 nitrogen and oxygen atoms in total. The Hall–Kier alpha value is -8.59. The first kappa shape index (κ1) is 45.5. The number of non-ortho nitro benzene ring substituents is 2. The molecular weight excluding hydrogens is 805 g/mol. The van der Waals surface area contributed by atoms with Crippen LogP contribution in [-0.2, 0) is 6.42 Å². The van der Waals surface area contributed by atoms with Crippen molar-refractivity contribution in [2.45, 2.75) is 21.3 Å². The highest BCUT2D eigenvalue weighted by atomic mass is 16.6. The second-order valence-electron chi connectivity index (χ2n) is 13.4. The van der Waals surface area contributed by atoms with Crippen molar-refractivity contribution in [3.05, 3.63) is 201 Å². The van der Waals surface area contributed by atoms with Crippen LogP contribution in [0.5, 0.6) is 23.0 Å². The first-order valence-corrected chi connectivity index (χ1v) is 18.6. The summed E-state index contributed by atoms with van der Waals surface area (Å²) in [6, 6.07) is 36.9. The molecule has 2 aromatic heterocycles. The minimum absolute atomic E-state index is 0. The van der Waals surface area contributed by atoms with Crippen molar-refractivity contribution in [3.63, 3.8) is 0 Å². The summed E-state index contributed by atoms with van der Waals surface area (Å²) in [5, 5.41) is 52.6. The number of nitrogens with zero attached hydrogens (tertiary/aromatic N) is 6. The highest BCUT2D eigenvalue weighted by Gasteiger charge is 2.23. The number of carbonyl (C=O) groups excluding carboxylic acids is 1. The molecular formula is C48H44N6O9. The van der Waals surface area contributed by atoms with Gasteiger partial charge in [0.15, 0.2) is 5.78 Å². The number of carbonyl (C=O) groups is 1. The molecule has 15 heteroatoms. The fourth-order valence-electron chi connectivity index (χ4n) is 6.71. The predicted molar refractivity (Wildman–Crippen MR) is 240 cm³/mol. The van der Waals surface area contributed by atoms with Crippen LogP contribution in [0, 0.1) is 20.2 Å². The minimum atomic E-state index is -0.525. The van der Waals surface area contributed by atoms with E-state index < -0.39 is 9.85 Å². The average Bonchev–Trinajstić information content (AvgIpc) is 4.04. The number of rotatable bonds is 12. The lowest BCUT2D eigenvalue weighted by atomic mass is 9.95. The molecule has 8 aromatic rings. The van der Waals surface area contributed by atoms with Crippen molar-refractivity contribution in [3.8, 4) is 56.6 Å². The summed E-state index contributed by atoms with van der Waals surface area (Å²) in [4.78, 5) is 34.4. The summed E-state index contributed by atoms with van der Waals surface area (Å²) in [5.74, 6) is 0.0974. The fourth-order valence-corrected chi connectivity index (χ4v) is 6.71. The third-order valence-electron chi connectivity index (χ3n) is 9.74. The number of phenols is 2. The van der Waals surface area contributed by atoms with E-state index in [1.807, 2.05) is 36.5 Å². The molecule has 0 spiro atoms. The molecule has 0 unspecified atom stereocenters. The predicted octanol–water partition coefficient (Wildman–Crippen LogP) is 10.4. The molecule has 0 aliphatic heterocycles. The average molecular weight is 849 g/mol. The van der Waals surface area contributed by atoms with Crippen molar-refractivity contribution in [1.82, 2.24) is 19.6 Å². The summed E-state index contributed by atoms with van der Waals surface area (Å²) in [6.45, 7) is 0. The third-order valence-corrected chi connectivity index (χ3v) is 9.74. The van der Waals surface area contributed by atoms with E-state index in [9.17, 15) is 35.2 Å². The lowest BCUT2D eigenvalue weighted by Crippen LogP contribution is -2.04. The van der Waals surface area contributed by atoms with Gasteiger partial charge < -0.3 is 19.7 Å². The van der Waals surface area contributed by atoms with Crippen LogP contribution in [0.3, 0.4) is 0 Å². The first-order valence-electron chi connectivity index (χ1n) is 18.6. The SMILES string of the molecule is C.C.COc1ccc(C(=O)c2ccc(-n3cccn3)cc2)c(O)c1-c1cccc([N+](=O)[O-])c1.COc1ccc(Cc2ccc(-n3cccn3)cc2)c(O)c1-c1cccc([N+](=O)[O-])c1. The lowest BCUT2D eigenvalue weighted by molar-refractivity contribution is -0.385. The number of hydrogen-bond acceptors (Lipinski definition) is 11. The normalized spacial score (nSPS) is 10.3. The van der Waals surface area contributed by atoms with E-state index in [-0.39, 0.29) is 54.6 Å². The number of methoxy groups -OCH3 is 2. The van der Waals surface area contributed by atoms with Gasteiger partial charge in [0.05, 0.1) is 52.1 Å². The van der Waals surface area contributed by atoms with E-state index >= 15 is 0 Å². The molecule has 2 N–H and O–H groups in total. The van der Waals surface area contributed by atoms with E-state index in [0.29, 0.717) is 45.7 Å². The Morgan fingerprint density at radius 2 is 1.10 bits per heavy atom. The van der Waals surface area contributed by atoms with E-state index in [1.54, 1.807) is 94.7 Å². The van der Waals surface area contributed by atoms with E-state index in [4.69, 9.17) is 9.47 Å². The van der Waals surface area contributed by atoms with Gasteiger partial charge >= 0.3 is 0 Å². The number of nitro groups is 2. The molecule has 8 rings (SSSR count). The van der Waals surface area contributed by atoms with E-state index in [2.05, 4.69) is 10.2 Å². The highest BCUT2D eigenvalue weighted by Crippen LogP contribution is 2.43. The molecule has 0 saturated heterocycles. The summed E-state index contributed by atoms with van der Waals surface area (Å²) >= 11 is 0. The van der Waals surface area contributed by atoms with Crippen molar-refractivity contribution in [2.24, 2.45) is 0 Å². The maximum Gasteiger partial charge on any atom is 0.270 e. The lowest BCUT2D eigenvalue weighted by Gasteiger charge is -2.15. The number of benzene rings is 6. The van der Waals surface area contributed by atoms with E-state index in [0.717, 1.165) is 16.9 Å². The van der Waals surface area contributed by atoms with Gasteiger partial charge in [0.25, 0.3) is 11.4 Å². The fraction of sp³-hybridized carbons (Fsp3) is 0.104. The van der Waals surface area contributed by atoms with Crippen molar-refractivity contribution < 1.29 is 34.3 Å². The third kappa shape index (κ3) is 9.90. The number of nitro benzene ring substituents is 2. The summed E-state index contributed by atoms with van der Waals surface area (Å²) in [7, 11) is 2.93. The quantitative estimate of drug-likeness (QED) is 0.0674. The number of aromatic nitrogens is 4. The molecule has 0 atom stereocenters. The monoisotopic (exact) mass is 848 g/mol. The number of aromatic hydroxyl groups is 2. The zero-order valence-corrected chi connectivity index (χ0v) is 32.7. The van der Waals surface area contributed by atoms with Gasteiger partial charge in [-0.25, -0.2) is 9.36 Å². The standard InChI is InChI=1S/C23H17N3O5.C23H19N3O4.2CH4/c1-31-20-11-10-19(23(28)21(20)16-4-2-5-18(14-16)26(29)30)22(27)15-6-8-17(9-7-15)25-13-3-12-24-25;1-30-21-11-8-18(14-16-6-9-19(10-7-16)25-13-3-12-24-25)23(27)22(21)17-4-2-5-20(15-17)26(28)29;;/h2-14,28H,1H3;2-13,15,27H,14H2,1H3;2*1H4. The van der Waals surface area contributed by atoms with Crippen LogP contribution in [0.15, 0.2) is 158 Å². The summed E-state index contributed by atoms with van der Waals surface area (Å²) < 4.78 is 14.2. The molecule has 2 heterocycles. The number of ether oxygens (including phenoxy) is 2. The van der Waals surface area contributed by atoms with Gasteiger partial charge in [-0.05, 0) is 89.0 Å². The zero-order valence-electron chi connectivity index (χ0n) is 32.7. The Labute approximate surface area is 363 Å². The smallest absolute Gasteiger partial charge is 0.270 e. The molecule has 0 radical (unpaired) electrons. The van der Waals surface area contributed by atoms with Crippen LogP contribution in [0.1, 0.15) is 41.9 Å². The second-order valence-corrected chi connectivity index (χ2v) is 13.4. The number of ketones is 1. The second kappa shape index (κ2) is 20.1. The molecule has 0 fully saturated rings. The Bertz CT molecular complexity index is 2840. The van der Waals surface area contributed by atoms with Crippen LogP contribution in [0.2, 0.25) is 0 Å². The number of phenolic OH excluding ortho intramolecular Hbond substituents is 2. The molecule has 320 valence electrons. The van der Waals surface area contributed by atoms with Crippen LogP contribution < -0.4 is 9.47 Å². The van der Waals surface area contributed by atoms with E-state index in [1.165, 1.54) is 50.6 Å².